The molecule has 0 aliphatic carbocycles. The molecule has 0 saturated heterocycles. The van der Waals surface area contributed by atoms with E-state index in [4.69, 9.17) is 5.26 Å². The maximum Gasteiger partial charge on any atom is 0.259 e. The maximum absolute atomic E-state index is 13.0. The number of halogens is 1. The summed E-state index contributed by atoms with van der Waals surface area (Å²) in [6.45, 7) is 0. The summed E-state index contributed by atoms with van der Waals surface area (Å²) in [5.74, 6) is -1.29. The highest BCUT2D eigenvalue weighted by molar-refractivity contribution is 6.06. The first-order valence-corrected chi connectivity index (χ1v) is 5.41. The minimum atomic E-state index is -0.568. The van der Waals surface area contributed by atoms with Crippen LogP contribution in [0.2, 0.25) is 0 Å². The summed E-state index contributed by atoms with van der Waals surface area (Å²) in [5.41, 5.74) is 0.289. The molecule has 2 aromatic carbocycles. The van der Waals surface area contributed by atoms with Crippen molar-refractivity contribution in [1.82, 2.24) is 0 Å². The molecule has 2 N–H and O–H groups in total. The van der Waals surface area contributed by atoms with Crippen LogP contribution in [-0.2, 0) is 0 Å². The van der Waals surface area contributed by atoms with Crippen molar-refractivity contribution < 1.29 is 14.3 Å². The lowest BCUT2D eigenvalue weighted by atomic mass is 10.1. The number of phenolic OH excluding ortho intramolecular Hbond substituents is 1. The lowest BCUT2D eigenvalue weighted by Crippen LogP contribution is -2.13. The molecule has 0 aliphatic rings. The van der Waals surface area contributed by atoms with Gasteiger partial charge >= 0.3 is 0 Å². The molecule has 0 bridgehead atoms. The van der Waals surface area contributed by atoms with Crippen molar-refractivity contribution in [2.24, 2.45) is 0 Å². The number of para-hydroxylation sites is 1. The van der Waals surface area contributed by atoms with Crippen molar-refractivity contribution in [2.45, 2.75) is 0 Å². The van der Waals surface area contributed by atoms with Crippen LogP contribution >= 0.6 is 0 Å². The molecule has 94 valence electrons. The normalized spacial score (nSPS) is 9.68. The number of phenols is 1. The molecular formula is C14H9FN2O2. The van der Waals surface area contributed by atoms with Crippen LogP contribution in [0.3, 0.4) is 0 Å². The molecule has 0 heterocycles. The fourth-order valence-electron chi connectivity index (χ4n) is 1.57. The fraction of sp³-hybridized carbons (Fsp3) is 0. The molecule has 2 aromatic rings. The van der Waals surface area contributed by atoms with Gasteiger partial charge in [-0.1, -0.05) is 12.1 Å². The van der Waals surface area contributed by atoms with Gasteiger partial charge in [0.2, 0.25) is 0 Å². The number of rotatable bonds is 2. The third-order valence-electron chi connectivity index (χ3n) is 2.50. The van der Waals surface area contributed by atoms with Crippen LogP contribution in [0.15, 0.2) is 42.5 Å². The van der Waals surface area contributed by atoms with Crippen molar-refractivity contribution in [3.05, 3.63) is 59.4 Å². The smallest absolute Gasteiger partial charge is 0.259 e. The van der Waals surface area contributed by atoms with Gasteiger partial charge < -0.3 is 10.4 Å². The Morgan fingerprint density at radius 3 is 2.68 bits per heavy atom. The van der Waals surface area contributed by atoms with Gasteiger partial charge in [0.25, 0.3) is 5.91 Å². The Morgan fingerprint density at radius 1 is 1.26 bits per heavy atom. The molecule has 0 saturated carbocycles. The zero-order valence-electron chi connectivity index (χ0n) is 9.72. The lowest BCUT2D eigenvalue weighted by molar-refractivity contribution is 0.102. The van der Waals surface area contributed by atoms with Crippen molar-refractivity contribution >= 4 is 11.6 Å². The molecule has 0 radical (unpaired) electrons. The van der Waals surface area contributed by atoms with Gasteiger partial charge in [0.15, 0.2) is 0 Å². The third-order valence-corrected chi connectivity index (χ3v) is 2.50. The van der Waals surface area contributed by atoms with Crippen LogP contribution in [0.4, 0.5) is 10.1 Å². The second-order valence-electron chi connectivity index (χ2n) is 3.77. The number of aromatic hydroxyl groups is 1. The minimum Gasteiger partial charge on any atom is -0.507 e. The Labute approximate surface area is 108 Å². The molecule has 4 nitrogen and oxygen atoms in total. The molecule has 0 aliphatic heterocycles. The first-order chi connectivity index (χ1) is 9.11. The van der Waals surface area contributed by atoms with Crippen LogP contribution < -0.4 is 5.32 Å². The van der Waals surface area contributed by atoms with E-state index in [9.17, 15) is 14.3 Å². The standard InChI is InChI=1S/C14H9FN2O2/c15-10-5-6-12(9(7-10)8-16)17-14(19)11-3-1-2-4-13(11)18/h1-7,18H,(H,17,19). The quantitative estimate of drug-likeness (QED) is 0.867. The van der Waals surface area contributed by atoms with E-state index < -0.39 is 11.7 Å². The van der Waals surface area contributed by atoms with Gasteiger partial charge in [-0.05, 0) is 30.3 Å². The summed E-state index contributed by atoms with van der Waals surface area (Å²) in [4.78, 5) is 11.9. The van der Waals surface area contributed by atoms with Crippen molar-refractivity contribution in [2.75, 3.05) is 5.32 Å². The topological polar surface area (TPSA) is 73.1 Å². The number of amides is 1. The average molecular weight is 256 g/mol. The molecule has 0 unspecified atom stereocenters. The lowest BCUT2D eigenvalue weighted by Gasteiger charge is -2.08. The van der Waals surface area contributed by atoms with E-state index in [0.717, 1.165) is 12.1 Å². The molecule has 5 heteroatoms. The highest BCUT2D eigenvalue weighted by atomic mass is 19.1. The van der Waals surface area contributed by atoms with E-state index in [1.165, 1.54) is 18.2 Å². The highest BCUT2D eigenvalue weighted by Crippen LogP contribution is 2.20. The van der Waals surface area contributed by atoms with E-state index >= 15 is 0 Å². The number of anilines is 1. The van der Waals surface area contributed by atoms with Gasteiger partial charge in [-0.2, -0.15) is 5.26 Å². The number of benzene rings is 2. The number of hydrogen-bond acceptors (Lipinski definition) is 3. The van der Waals surface area contributed by atoms with E-state index in [-0.39, 0.29) is 22.6 Å². The molecule has 0 aromatic heterocycles. The van der Waals surface area contributed by atoms with Gasteiger partial charge in [0, 0.05) is 0 Å². The van der Waals surface area contributed by atoms with Gasteiger partial charge in [-0.3, -0.25) is 4.79 Å². The number of carbonyl (C=O) groups excluding carboxylic acids is 1. The highest BCUT2D eigenvalue weighted by Gasteiger charge is 2.12. The van der Waals surface area contributed by atoms with Crippen molar-refractivity contribution in [3.8, 4) is 11.8 Å². The molecule has 0 atom stereocenters. The molecule has 19 heavy (non-hydrogen) atoms. The Hall–Kier alpha value is -2.87. The van der Waals surface area contributed by atoms with E-state index in [1.807, 2.05) is 0 Å². The van der Waals surface area contributed by atoms with Crippen LogP contribution in [0, 0.1) is 17.1 Å². The summed E-state index contributed by atoms with van der Waals surface area (Å²) >= 11 is 0. The van der Waals surface area contributed by atoms with Crippen LogP contribution in [0.25, 0.3) is 0 Å². The third kappa shape index (κ3) is 2.69. The summed E-state index contributed by atoms with van der Waals surface area (Å²) in [5, 5.41) is 20.9. The zero-order chi connectivity index (χ0) is 13.8. The number of nitriles is 1. The summed E-state index contributed by atoms with van der Waals surface area (Å²) in [7, 11) is 0. The SMILES string of the molecule is N#Cc1cc(F)ccc1NC(=O)c1ccccc1O. The van der Waals surface area contributed by atoms with E-state index in [2.05, 4.69) is 5.32 Å². The Balaban J connectivity index is 2.30. The predicted octanol–water partition coefficient (Wildman–Crippen LogP) is 2.66. The summed E-state index contributed by atoms with van der Waals surface area (Å²) in [6, 6.07) is 11.3. The van der Waals surface area contributed by atoms with Crippen LogP contribution in [0.5, 0.6) is 5.75 Å². The monoisotopic (exact) mass is 256 g/mol. The largest absolute Gasteiger partial charge is 0.507 e. The molecule has 0 spiro atoms. The Morgan fingerprint density at radius 2 is 2.00 bits per heavy atom. The first-order valence-electron chi connectivity index (χ1n) is 5.41. The Bertz CT molecular complexity index is 677. The Kier molecular flexibility index (Phi) is 3.44. The number of hydrogen-bond donors (Lipinski definition) is 2. The summed E-state index contributed by atoms with van der Waals surface area (Å²) < 4.78 is 13.0. The predicted molar refractivity (Wildman–Crippen MR) is 67.2 cm³/mol. The van der Waals surface area contributed by atoms with Gasteiger partial charge in [0.05, 0.1) is 16.8 Å². The molecule has 2 rings (SSSR count). The molecular weight excluding hydrogens is 247 g/mol. The van der Waals surface area contributed by atoms with Gasteiger partial charge in [0.1, 0.15) is 17.6 Å². The number of nitrogens with one attached hydrogen (secondary N) is 1. The number of nitrogens with zero attached hydrogens (tertiary/aromatic N) is 1. The maximum atomic E-state index is 13.0. The average Bonchev–Trinajstić information content (AvgIpc) is 2.41. The van der Waals surface area contributed by atoms with E-state index in [1.54, 1.807) is 18.2 Å². The fourth-order valence-corrected chi connectivity index (χ4v) is 1.57. The van der Waals surface area contributed by atoms with E-state index in [0.29, 0.717) is 0 Å². The van der Waals surface area contributed by atoms with Gasteiger partial charge in [-0.25, -0.2) is 4.39 Å². The second kappa shape index (κ2) is 5.19. The first kappa shape index (κ1) is 12.6. The van der Waals surface area contributed by atoms with Crippen molar-refractivity contribution in [1.29, 1.82) is 5.26 Å². The van der Waals surface area contributed by atoms with Crippen molar-refractivity contribution in [3.63, 3.8) is 0 Å². The zero-order valence-corrected chi connectivity index (χ0v) is 9.72. The van der Waals surface area contributed by atoms with Crippen LogP contribution in [0.1, 0.15) is 15.9 Å². The van der Waals surface area contributed by atoms with Crippen LogP contribution in [-0.4, -0.2) is 11.0 Å². The minimum absolute atomic E-state index is 0.0174. The molecule has 1 amide bonds. The molecule has 0 fully saturated rings. The second-order valence-corrected chi connectivity index (χ2v) is 3.77. The summed E-state index contributed by atoms with van der Waals surface area (Å²) in [6.07, 6.45) is 0. The van der Waals surface area contributed by atoms with Gasteiger partial charge in [-0.15, -0.1) is 0 Å². The number of carbonyl (C=O) groups is 1.